The van der Waals surface area contributed by atoms with Crippen molar-refractivity contribution in [2.24, 2.45) is 0 Å². The molecular weight excluding hydrogens is 170 g/mol. The van der Waals surface area contributed by atoms with E-state index in [0.717, 1.165) is 26.1 Å². The molecule has 0 bridgehead atoms. The van der Waals surface area contributed by atoms with Gasteiger partial charge < -0.3 is 14.9 Å². The van der Waals surface area contributed by atoms with Crippen LogP contribution in [0.2, 0.25) is 0 Å². The van der Waals surface area contributed by atoms with E-state index in [9.17, 15) is 10.2 Å². The summed E-state index contributed by atoms with van der Waals surface area (Å²) < 4.78 is 5.26. The third-order valence-electron chi connectivity index (χ3n) is 2.99. The van der Waals surface area contributed by atoms with Crippen LogP contribution in [0.5, 0.6) is 0 Å². The molecule has 0 aromatic carbocycles. The normalized spacial score (nSPS) is 38.3. The van der Waals surface area contributed by atoms with Gasteiger partial charge in [0.2, 0.25) is 0 Å². The second-order valence-electron chi connectivity index (χ2n) is 3.93. The van der Waals surface area contributed by atoms with Gasteiger partial charge in [0, 0.05) is 32.3 Å². The van der Waals surface area contributed by atoms with Crippen LogP contribution in [-0.2, 0) is 4.74 Å². The summed E-state index contributed by atoms with van der Waals surface area (Å²) in [4.78, 5) is 2.18. The molecule has 4 heteroatoms. The Bertz CT molecular complexity index is 160. The summed E-state index contributed by atoms with van der Waals surface area (Å²) in [6.45, 7) is 2.86. The van der Waals surface area contributed by atoms with Crippen LogP contribution in [0.15, 0.2) is 0 Å². The lowest BCUT2D eigenvalue weighted by Gasteiger charge is -2.30. The van der Waals surface area contributed by atoms with E-state index in [1.165, 1.54) is 0 Å². The van der Waals surface area contributed by atoms with Crippen LogP contribution in [0.3, 0.4) is 0 Å². The number of hydrogen-bond acceptors (Lipinski definition) is 4. The molecule has 2 aliphatic heterocycles. The van der Waals surface area contributed by atoms with Gasteiger partial charge in [-0.2, -0.15) is 0 Å². The highest BCUT2D eigenvalue weighted by Crippen LogP contribution is 2.20. The summed E-state index contributed by atoms with van der Waals surface area (Å²) in [7, 11) is 0. The molecule has 0 aliphatic carbocycles. The van der Waals surface area contributed by atoms with E-state index in [1.54, 1.807) is 0 Å². The third-order valence-corrected chi connectivity index (χ3v) is 2.99. The van der Waals surface area contributed by atoms with Gasteiger partial charge in [-0.3, -0.25) is 4.90 Å². The Morgan fingerprint density at radius 1 is 1.00 bits per heavy atom. The molecule has 2 unspecified atom stereocenters. The standard InChI is InChI=1S/C9H17NO3/c11-8-5-10(6-9(8)12)7-1-3-13-4-2-7/h7-9,11-12H,1-6H2. The molecule has 2 saturated heterocycles. The Hall–Kier alpha value is -0.160. The smallest absolute Gasteiger partial charge is 0.0938 e. The summed E-state index contributed by atoms with van der Waals surface area (Å²) in [5, 5.41) is 18.8. The summed E-state index contributed by atoms with van der Waals surface area (Å²) in [6, 6.07) is 0.501. The average Bonchev–Trinajstić information content (AvgIpc) is 2.49. The van der Waals surface area contributed by atoms with Gasteiger partial charge in [-0.15, -0.1) is 0 Å². The first-order valence-corrected chi connectivity index (χ1v) is 4.95. The quantitative estimate of drug-likeness (QED) is 0.564. The number of β-amino-alcohol motifs (C(OH)–C–C–N with tert-alkyl or cyclic N) is 2. The molecule has 4 nitrogen and oxygen atoms in total. The second-order valence-corrected chi connectivity index (χ2v) is 3.93. The molecule has 2 heterocycles. The molecule has 0 spiro atoms. The SMILES string of the molecule is OC1CN(C2CCOCC2)CC1O. The lowest BCUT2D eigenvalue weighted by atomic mass is 10.1. The first-order valence-electron chi connectivity index (χ1n) is 4.95. The number of likely N-dealkylation sites (tertiary alicyclic amines) is 1. The molecular formula is C9H17NO3. The van der Waals surface area contributed by atoms with Crippen LogP contribution in [-0.4, -0.2) is 59.7 Å². The predicted octanol–water partition coefficient (Wildman–Crippen LogP) is -0.797. The minimum atomic E-state index is -0.553. The van der Waals surface area contributed by atoms with Gasteiger partial charge in [-0.1, -0.05) is 0 Å². The predicted molar refractivity (Wildman–Crippen MR) is 47.4 cm³/mol. The van der Waals surface area contributed by atoms with Crippen molar-refractivity contribution >= 4 is 0 Å². The van der Waals surface area contributed by atoms with E-state index in [1.807, 2.05) is 0 Å². The van der Waals surface area contributed by atoms with Crippen molar-refractivity contribution in [3.8, 4) is 0 Å². The summed E-state index contributed by atoms with van der Waals surface area (Å²) in [6.07, 6.45) is 0.949. The maximum Gasteiger partial charge on any atom is 0.0938 e. The number of rotatable bonds is 1. The van der Waals surface area contributed by atoms with Crippen molar-refractivity contribution < 1.29 is 14.9 Å². The van der Waals surface area contributed by atoms with Crippen molar-refractivity contribution in [3.63, 3.8) is 0 Å². The van der Waals surface area contributed by atoms with E-state index >= 15 is 0 Å². The van der Waals surface area contributed by atoms with Crippen molar-refractivity contribution in [2.75, 3.05) is 26.3 Å². The van der Waals surface area contributed by atoms with Gasteiger partial charge in [0.05, 0.1) is 12.2 Å². The molecule has 76 valence electrons. The summed E-state index contributed by atoms with van der Waals surface area (Å²) in [5.41, 5.74) is 0. The van der Waals surface area contributed by atoms with Crippen molar-refractivity contribution in [1.29, 1.82) is 0 Å². The molecule has 0 saturated carbocycles. The van der Waals surface area contributed by atoms with E-state index in [0.29, 0.717) is 19.1 Å². The molecule has 2 atom stereocenters. The van der Waals surface area contributed by atoms with Gasteiger partial charge in [-0.25, -0.2) is 0 Å². The minimum absolute atomic E-state index is 0.501. The minimum Gasteiger partial charge on any atom is -0.389 e. The highest BCUT2D eigenvalue weighted by Gasteiger charge is 2.34. The second kappa shape index (κ2) is 3.92. The lowest BCUT2D eigenvalue weighted by molar-refractivity contribution is 0.0373. The van der Waals surface area contributed by atoms with E-state index in [-0.39, 0.29) is 0 Å². The number of hydrogen-bond donors (Lipinski definition) is 2. The number of ether oxygens (including phenoxy) is 1. The Labute approximate surface area is 78.1 Å². The molecule has 0 amide bonds. The fourth-order valence-corrected chi connectivity index (χ4v) is 2.15. The van der Waals surface area contributed by atoms with Crippen LogP contribution < -0.4 is 0 Å². The third kappa shape index (κ3) is 2.02. The summed E-state index contributed by atoms with van der Waals surface area (Å²) in [5.74, 6) is 0. The van der Waals surface area contributed by atoms with Crippen molar-refractivity contribution in [3.05, 3.63) is 0 Å². The molecule has 0 radical (unpaired) electrons. The Kier molecular flexibility index (Phi) is 2.83. The number of aliphatic hydroxyl groups is 2. The van der Waals surface area contributed by atoms with Gasteiger partial charge in [0.25, 0.3) is 0 Å². The maximum atomic E-state index is 9.38. The molecule has 2 N–H and O–H groups in total. The zero-order valence-electron chi connectivity index (χ0n) is 7.72. The van der Waals surface area contributed by atoms with Crippen LogP contribution in [0, 0.1) is 0 Å². The fourth-order valence-electron chi connectivity index (χ4n) is 2.15. The monoisotopic (exact) mass is 187 g/mol. The largest absolute Gasteiger partial charge is 0.389 e. The molecule has 0 aromatic rings. The van der Waals surface area contributed by atoms with E-state index in [4.69, 9.17) is 4.74 Å². The lowest BCUT2D eigenvalue weighted by Crippen LogP contribution is -2.38. The van der Waals surface area contributed by atoms with Crippen LogP contribution in [0.4, 0.5) is 0 Å². The average molecular weight is 187 g/mol. The fraction of sp³-hybridized carbons (Fsp3) is 1.00. The van der Waals surface area contributed by atoms with E-state index in [2.05, 4.69) is 4.90 Å². The van der Waals surface area contributed by atoms with E-state index < -0.39 is 12.2 Å². The Morgan fingerprint density at radius 3 is 2.08 bits per heavy atom. The molecule has 0 aromatic heterocycles. The van der Waals surface area contributed by atoms with Gasteiger partial charge >= 0.3 is 0 Å². The Balaban J connectivity index is 1.87. The Morgan fingerprint density at radius 2 is 1.54 bits per heavy atom. The number of nitrogens with zero attached hydrogens (tertiary/aromatic N) is 1. The molecule has 2 aliphatic rings. The highest BCUT2D eigenvalue weighted by molar-refractivity contribution is 4.88. The van der Waals surface area contributed by atoms with Crippen LogP contribution >= 0.6 is 0 Å². The van der Waals surface area contributed by atoms with Gasteiger partial charge in [0.1, 0.15) is 0 Å². The molecule has 13 heavy (non-hydrogen) atoms. The molecule has 2 rings (SSSR count). The van der Waals surface area contributed by atoms with Crippen molar-refractivity contribution in [1.82, 2.24) is 4.90 Å². The molecule has 2 fully saturated rings. The first-order chi connectivity index (χ1) is 6.27. The maximum absolute atomic E-state index is 9.38. The van der Waals surface area contributed by atoms with Gasteiger partial charge in [0.15, 0.2) is 0 Å². The number of aliphatic hydroxyl groups excluding tert-OH is 2. The zero-order chi connectivity index (χ0) is 9.26. The zero-order valence-corrected chi connectivity index (χ0v) is 7.72. The van der Waals surface area contributed by atoms with Gasteiger partial charge in [-0.05, 0) is 12.8 Å². The summed E-state index contributed by atoms with van der Waals surface area (Å²) >= 11 is 0. The van der Waals surface area contributed by atoms with Crippen LogP contribution in [0.25, 0.3) is 0 Å². The topological polar surface area (TPSA) is 52.9 Å². The highest BCUT2D eigenvalue weighted by atomic mass is 16.5. The first kappa shape index (κ1) is 9.40. The van der Waals surface area contributed by atoms with Crippen LogP contribution in [0.1, 0.15) is 12.8 Å². The van der Waals surface area contributed by atoms with Crippen molar-refractivity contribution in [2.45, 2.75) is 31.1 Å².